The molecule has 3 aromatic rings. The Bertz CT molecular complexity index is 655. The maximum absolute atomic E-state index is 4.12. The fraction of sp³-hybridized carbons (Fsp3) is 0. The SMILES string of the molecule is [c]1ccccc1N=Nc1n[nH]c2ccccc12. The maximum atomic E-state index is 4.12. The van der Waals surface area contributed by atoms with Gasteiger partial charge < -0.3 is 0 Å². The Kier molecular flexibility index (Phi) is 2.38. The molecule has 0 unspecified atom stereocenters. The van der Waals surface area contributed by atoms with E-state index in [0.29, 0.717) is 11.5 Å². The van der Waals surface area contributed by atoms with Crippen LogP contribution in [0.15, 0.2) is 58.8 Å². The molecule has 0 aliphatic rings. The summed E-state index contributed by atoms with van der Waals surface area (Å²) in [7, 11) is 0. The van der Waals surface area contributed by atoms with Gasteiger partial charge in [0.2, 0.25) is 5.82 Å². The van der Waals surface area contributed by atoms with Crippen LogP contribution in [0, 0.1) is 6.07 Å². The van der Waals surface area contributed by atoms with Crippen molar-refractivity contribution in [1.82, 2.24) is 10.2 Å². The normalized spacial score (nSPS) is 11.3. The summed E-state index contributed by atoms with van der Waals surface area (Å²) in [6.45, 7) is 0. The quantitative estimate of drug-likeness (QED) is 0.658. The van der Waals surface area contributed by atoms with Gasteiger partial charge in [0.25, 0.3) is 0 Å². The number of hydrogen-bond acceptors (Lipinski definition) is 3. The average molecular weight is 221 g/mol. The third kappa shape index (κ3) is 1.92. The van der Waals surface area contributed by atoms with Crippen LogP contribution in [-0.2, 0) is 0 Å². The van der Waals surface area contributed by atoms with E-state index in [4.69, 9.17) is 0 Å². The predicted molar refractivity (Wildman–Crippen MR) is 65.5 cm³/mol. The summed E-state index contributed by atoms with van der Waals surface area (Å²) < 4.78 is 0. The maximum Gasteiger partial charge on any atom is 0.203 e. The molecule has 0 spiro atoms. The van der Waals surface area contributed by atoms with Crippen molar-refractivity contribution in [1.29, 1.82) is 0 Å². The number of H-pyrrole nitrogens is 1. The monoisotopic (exact) mass is 221 g/mol. The minimum absolute atomic E-state index is 0.595. The Labute approximate surface area is 98.0 Å². The highest BCUT2D eigenvalue weighted by molar-refractivity contribution is 5.87. The number of aromatic nitrogens is 2. The first-order valence-corrected chi connectivity index (χ1v) is 5.25. The first kappa shape index (κ1) is 9.72. The number of aromatic amines is 1. The molecule has 3 rings (SSSR count). The summed E-state index contributed by atoms with van der Waals surface area (Å²) in [4.78, 5) is 0. The molecule has 17 heavy (non-hydrogen) atoms. The van der Waals surface area contributed by atoms with Crippen LogP contribution in [-0.4, -0.2) is 10.2 Å². The minimum Gasteiger partial charge on any atom is -0.276 e. The molecule has 0 aliphatic carbocycles. The number of benzene rings is 2. The molecule has 1 heterocycles. The summed E-state index contributed by atoms with van der Waals surface area (Å²) in [5.74, 6) is 0.595. The van der Waals surface area contributed by atoms with Gasteiger partial charge in [-0.15, -0.1) is 10.2 Å². The molecule has 1 radical (unpaired) electrons. The van der Waals surface area contributed by atoms with Crippen molar-refractivity contribution in [2.45, 2.75) is 0 Å². The van der Waals surface area contributed by atoms with Gasteiger partial charge in [-0.2, -0.15) is 5.10 Å². The van der Waals surface area contributed by atoms with E-state index in [-0.39, 0.29) is 0 Å². The molecule has 0 amide bonds. The van der Waals surface area contributed by atoms with E-state index in [2.05, 4.69) is 26.5 Å². The Hall–Kier alpha value is -2.49. The van der Waals surface area contributed by atoms with Gasteiger partial charge in [0, 0.05) is 11.5 Å². The average Bonchev–Trinajstić information content (AvgIpc) is 2.81. The van der Waals surface area contributed by atoms with Gasteiger partial charge in [0.1, 0.15) is 0 Å². The zero-order valence-corrected chi connectivity index (χ0v) is 8.96. The fourth-order valence-corrected chi connectivity index (χ4v) is 1.57. The topological polar surface area (TPSA) is 53.4 Å². The van der Waals surface area contributed by atoms with E-state index in [1.165, 1.54) is 0 Å². The zero-order chi connectivity index (χ0) is 11.5. The number of rotatable bonds is 2. The first-order valence-electron chi connectivity index (χ1n) is 5.25. The molecular formula is C13H9N4. The van der Waals surface area contributed by atoms with Crippen LogP contribution < -0.4 is 0 Å². The van der Waals surface area contributed by atoms with Gasteiger partial charge in [-0.3, -0.25) is 5.10 Å². The van der Waals surface area contributed by atoms with Crippen LogP contribution in [0.4, 0.5) is 11.5 Å². The molecule has 4 nitrogen and oxygen atoms in total. The summed E-state index contributed by atoms with van der Waals surface area (Å²) >= 11 is 0. The zero-order valence-electron chi connectivity index (χ0n) is 8.96. The molecule has 81 valence electrons. The second-order valence-electron chi connectivity index (χ2n) is 3.54. The first-order chi connectivity index (χ1) is 8.43. The smallest absolute Gasteiger partial charge is 0.203 e. The second-order valence-corrected chi connectivity index (χ2v) is 3.54. The van der Waals surface area contributed by atoms with Gasteiger partial charge in [-0.25, -0.2) is 0 Å². The molecule has 4 heteroatoms. The van der Waals surface area contributed by atoms with Gasteiger partial charge in [-0.05, 0) is 18.2 Å². The number of para-hydroxylation sites is 1. The summed E-state index contributed by atoms with van der Waals surface area (Å²) in [6, 6.07) is 18.2. The lowest BCUT2D eigenvalue weighted by atomic mass is 10.2. The Balaban J connectivity index is 1.98. The van der Waals surface area contributed by atoms with E-state index in [9.17, 15) is 0 Å². The lowest BCUT2D eigenvalue weighted by Gasteiger charge is -1.89. The molecule has 1 N–H and O–H groups in total. The lowest BCUT2D eigenvalue weighted by Crippen LogP contribution is -1.65. The minimum atomic E-state index is 0.595. The molecule has 0 fully saturated rings. The highest BCUT2D eigenvalue weighted by Gasteiger charge is 2.02. The second kappa shape index (κ2) is 4.17. The Morgan fingerprint density at radius 2 is 1.88 bits per heavy atom. The van der Waals surface area contributed by atoms with E-state index in [1.54, 1.807) is 6.07 Å². The van der Waals surface area contributed by atoms with Crippen molar-refractivity contribution in [2.24, 2.45) is 10.2 Å². The predicted octanol–water partition coefficient (Wildman–Crippen LogP) is 3.78. The van der Waals surface area contributed by atoms with Crippen LogP contribution in [0.3, 0.4) is 0 Å². The molecule has 2 aromatic carbocycles. The van der Waals surface area contributed by atoms with Crippen LogP contribution in [0.25, 0.3) is 10.9 Å². The van der Waals surface area contributed by atoms with Gasteiger partial charge in [0.05, 0.1) is 11.2 Å². The van der Waals surface area contributed by atoms with Crippen molar-refractivity contribution < 1.29 is 0 Å². The highest BCUT2D eigenvalue weighted by atomic mass is 15.2. The largest absolute Gasteiger partial charge is 0.276 e. The van der Waals surface area contributed by atoms with Gasteiger partial charge >= 0.3 is 0 Å². The lowest BCUT2D eigenvalue weighted by molar-refractivity contribution is 1.07. The van der Waals surface area contributed by atoms with Crippen LogP contribution in [0.2, 0.25) is 0 Å². The van der Waals surface area contributed by atoms with E-state index in [0.717, 1.165) is 10.9 Å². The summed E-state index contributed by atoms with van der Waals surface area (Å²) in [5.41, 5.74) is 1.65. The molecule has 0 saturated carbocycles. The Morgan fingerprint density at radius 1 is 1.00 bits per heavy atom. The third-order valence-electron chi connectivity index (χ3n) is 2.40. The fourth-order valence-electron chi connectivity index (χ4n) is 1.57. The number of azo groups is 1. The summed E-state index contributed by atoms with van der Waals surface area (Å²) in [5, 5.41) is 16.2. The van der Waals surface area contributed by atoms with Crippen molar-refractivity contribution in [2.75, 3.05) is 0 Å². The standard InChI is InChI=1S/C13H9N4/c1-2-6-10(7-3-1)14-16-13-11-8-4-5-9-12(11)15-17-13/h1-6,8-9H,(H,15,17). The molecule has 0 aliphatic heterocycles. The number of nitrogens with zero attached hydrogens (tertiary/aromatic N) is 3. The molecule has 0 bridgehead atoms. The van der Waals surface area contributed by atoms with E-state index in [1.807, 2.05) is 42.5 Å². The van der Waals surface area contributed by atoms with Crippen molar-refractivity contribution >= 4 is 22.4 Å². The number of nitrogens with one attached hydrogen (secondary N) is 1. The van der Waals surface area contributed by atoms with Crippen LogP contribution in [0.5, 0.6) is 0 Å². The highest BCUT2D eigenvalue weighted by Crippen LogP contribution is 2.24. The Morgan fingerprint density at radius 3 is 2.76 bits per heavy atom. The molecule has 0 saturated heterocycles. The van der Waals surface area contributed by atoms with Gasteiger partial charge in [0.15, 0.2) is 0 Å². The van der Waals surface area contributed by atoms with Crippen molar-refractivity contribution in [3.05, 3.63) is 54.6 Å². The van der Waals surface area contributed by atoms with E-state index >= 15 is 0 Å². The number of hydrogen-bond donors (Lipinski definition) is 1. The molecular weight excluding hydrogens is 212 g/mol. The van der Waals surface area contributed by atoms with E-state index < -0.39 is 0 Å². The summed E-state index contributed by atoms with van der Waals surface area (Å²) in [6.07, 6.45) is 0. The third-order valence-corrected chi connectivity index (χ3v) is 2.40. The molecule has 1 aromatic heterocycles. The molecule has 0 atom stereocenters. The van der Waals surface area contributed by atoms with Gasteiger partial charge in [-0.1, -0.05) is 30.3 Å². The van der Waals surface area contributed by atoms with Crippen LogP contribution in [0.1, 0.15) is 0 Å². The number of fused-ring (bicyclic) bond motifs is 1. The van der Waals surface area contributed by atoms with Crippen molar-refractivity contribution in [3.8, 4) is 0 Å². The van der Waals surface area contributed by atoms with Crippen molar-refractivity contribution in [3.63, 3.8) is 0 Å². The van der Waals surface area contributed by atoms with Crippen LogP contribution >= 0.6 is 0 Å².